The summed E-state index contributed by atoms with van der Waals surface area (Å²) in [5.41, 5.74) is 2.50. The number of amides is 1. The van der Waals surface area contributed by atoms with Gasteiger partial charge in [-0.2, -0.15) is 5.26 Å². The van der Waals surface area contributed by atoms with E-state index in [9.17, 15) is 4.79 Å². The first-order chi connectivity index (χ1) is 9.52. The standard InChI is InChI=1S/C15H12BrN3O/c1-10-7-12(16)3-4-14(10)19(2)15(20)11-5-6-18-13(8-11)9-17/h3-8H,1-2H3. The van der Waals surface area contributed by atoms with Crippen molar-refractivity contribution in [2.24, 2.45) is 0 Å². The minimum atomic E-state index is -0.172. The summed E-state index contributed by atoms with van der Waals surface area (Å²) in [4.78, 5) is 17.9. The zero-order valence-corrected chi connectivity index (χ0v) is 12.7. The van der Waals surface area contributed by atoms with Crippen molar-refractivity contribution in [1.29, 1.82) is 5.26 Å². The van der Waals surface area contributed by atoms with Crippen LogP contribution in [0.2, 0.25) is 0 Å². The summed E-state index contributed by atoms with van der Waals surface area (Å²) in [6.45, 7) is 1.94. The van der Waals surface area contributed by atoms with Crippen LogP contribution in [0.15, 0.2) is 41.0 Å². The first-order valence-electron chi connectivity index (χ1n) is 5.93. The lowest BCUT2D eigenvalue weighted by atomic mass is 10.1. The number of halogens is 1. The van der Waals surface area contributed by atoms with Crippen molar-refractivity contribution >= 4 is 27.5 Å². The fourth-order valence-corrected chi connectivity index (χ4v) is 2.40. The van der Waals surface area contributed by atoms with Crippen LogP contribution in [0.5, 0.6) is 0 Å². The summed E-state index contributed by atoms with van der Waals surface area (Å²) in [5.74, 6) is -0.172. The predicted octanol–water partition coefficient (Wildman–Crippen LogP) is 3.30. The first-order valence-corrected chi connectivity index (χ1v) is 6.72. The van der Waals surface area contributed by atoms with Crippen molar-refractivity contribution in [3.8, 4) is 6.07 Å². The molecule has 0 aliphatic carbocycles. The van der Waals surface area contributed by atoms with Gasteiger partial charge in [0.15, 0.2) is 0 Å². The van der Waals surface area contributed by atoms with Crippen LogP contribution in [-0.2, 0) is 0 Å². The summed E-state index contributed by atoms with van der Waals surface area (Å²) in [5, 5.41) is 8.83. The van der Waals surface area contributed by atoms with Gasteiger partial charge < -0.3 is 4.90 Å². The van der Waals surface area contributed by atoms with E-state index < -0.39 is 0 Å². The second kappa shape index (κ2) is 5.85. The Morgan fingerprint density at radius 2 is 2.10 bits per heavy atom. The number of nitrogens with zero attached hydrogens (tertiary/aromatic N) is 3. The summed E-state index contributed by atoms with van der Waals surface area (Å²) >= 11 is 3.40. The van der Waals surface area contributed by atoms with Gasteiger partial charge in [-0.25, -0.2) is 4.98 Å². The second-order valence-electron chi connectivity index (χ2n) is 4.34. The number of anilines is 1. The van der Waals surface area contributed by atoms with E-state index in [-0.39, 0.29) is 11.6 Å². The number of carbonyl (C=O) groups excluding carboxylic acids is 1. The van der Waals surface area contributed by atoms with Gasteiger partial charge in [-0.15, -0.1) is 0 Å². The molecule has 0 aliphatic rings. The molecule has 1 heterocycles. The van der Waals surface area contributed by atoms with E-state index >= 15 is 0 Å². The van der Waals surface area contributed by atoms with Gasteiger partial charge >= 0.3 is 0 Å². The Bertz CT molecular complexity index is 707. The molecule has 1 aromatic carbocycles. The van der Waals surface area contributed by atoms with Gasteiger partial charge in [-0.05, 0) is 42.8 Å². The quantitative estimate of drug-likeness (QED) is 0.849. The third kappa shape index (κ3) is 2.86. The van der Waals surface area contributed by atoms with Gasteiger partial charge in [0.1, 0.15) is 11.8 Å². The van der Waals surface area contributed by atoms with Crippen LogP contribution in [0.4, 0.5) is 5.69 Å². The van der Waals surface area contributed by atoms with Crippen molar-refractivity contribution in [2.75, 3.05) is 11.9 Å². The molecule has 0 spiro atoms. The molecule has 4 nitrogen and oxygen atoms in total. The number of nitriles is 1. The molecule has 0 N–H and O–H groups in total. The van der Waals surface area contributed by atoms with E-state index in [1.54, 1.807) is 18.0 Å². The summed E-state index contributed by atoms with van der Waals surface area (Å²) in [6, 6.07) is 10.7. The van der Waals surface area contributed by atoms with Crippen LogP contribution in [0, 0.1) is 18.3 Å². The maximum Gasteiger partial charge on any atom is 0.258 e. The highest BCUT2D eigenvalue weighted by Crippen LogP contribution is 2.24. The summed E-state index contributed by atoms with van der Waals surface area (Å²) in [6.07, 6.45) is 1.47. The Balaban J connectivity index is 2.35. The molecule has 2 aromatic rings. The molecular weight excluding hydrogens is 318 g/mol. The molecule has 0 saturated carbocycles. The Hall–Kier alpha value is -2.19. The number of benzene rings is 1. The van der Waals surface area contributed by atoms with E-state index in [4.69, 9.17) is 5.26 Å². The lowest BCUT2D eigenvalue weighted by Crippen LogP contribution is -2.27. The van der Waals surface area contributed by atoms with Gasteiger partial charge in [0.25, 0.3) is 5.91 Å². The van der Waals surface area contributed by atoms with Crippen LogP contribution >= 0.6 is 15.9 Å². The number of hydrogen-bond acceptors (Lipinski definition) is 3. The molecule has 0 unspecified atom stereocenters. The number of rotatable bonds is 2. The highest BCUT2D eigenvalue weighted by atomic mass is 79.9. The Morgan fingerprint density at radius 3 is 2.75 bits per heavy atom. The summed E-state index contributed by atoms with van der Waals surface area (Å²) in [7, 11) is 1.71. The van der Waals surface area contributed by atoms with Crippen LogP contribution in [0.25, 0.3) is 0 Å². The number of aromatic nitrogens is 1. The molecule has 0 saturated heterocycles. The first kappa shape index (κ1) is 14.2. The van der Waals surface area contributed by atoms with E-state index in [0.29, 0.717) is 5.56 Å². The molecule has 100 valence electrons. The van der Waals surface area contributed by atoms with Gasteiger partial charge in [0.05, 0.1) is 0 Å². The molecule has 0 bridgehead atoms. The van der Waals surface area contributed by atoms with E-state index in [1.165, 1.54) is 12.3 Å². The molecule has 1 aromatic heterocycles. The number of carbonyl (C=O) groups is 1. The number of pyridine rings is 1. The molecule has 0 fully saturated rings. The molecule has 0 aliphatic heterocycles. The van der Waals surface area contributed by atoms with Crippen molar-refractivity contribution in [2.45, 2.75) is 6.92 Å². The van der Waals surface area contributed by atoms with Crippen LogP contribution in [-0.4, -0.2) is 17.9 Å². The largest absolute Gasteiger partial charge is 0.311 e. The van der Waals surface area contributed by atoms with Crippen LogP contribution < -0.4 is 4.90 Å². The predicted molar refractivity (Wildman–Crippen MR) is 80.6 cm³/mol. The Kier molecular flexibility index (Phi) is 4.16. The third-order valence-corrected chi connectivity index (χ3v) is 3.44. The van der Waals surface area contributed by atoms with Crippen LogP contribution in [0.3, 0.4) is 0 Å². The molecule has 0 atom stereocenters. The monoisotopic (exact) mass is 329 g/mol. The highest BCUT2D eigenvalue weighted by Gasteiger charge is 2.15. The fourth-order valence-electron chi connectivity index (χ4n) is 1.92. The van der Waals surface area contributed by atoms with Crippen molar-refractivity contribution in [1.82, 2.24) is 4.98 Å². The second-order valence-corrected chi connectivity index (χ2v) is 5.25. The van der Waals surface area contributed by atoms with Crippen molar-refractivity contribution < 1.29 is 4.79 Å². The maximum absolute atomic E-state index is 12.4. The summed E-state index contributed by atoms with van der Waals surface area (Å²) < 4.78 is 0.968. The van der Waals surface area contributed by atoms with Gasteiger partial charge in [-0.1, -0.05) is 15.9 Å². The topological polar surface area (TPSA) is 57.0 Å². The number of aryl methyl sites for hydroxylation is 1. The minimum absolute atomic E-state index is 0.172. The van der Waals surface area contributed by atoms with E-state index in [2.05, 4.69) is 20.9 Å². The zero-order chi connectivity index (χ0) is 14.7. The van der Waals surface area contributed by atoms with E-state index in [1.807, 2.05) is 31.2 Å². The van der Waals surface area contributed by atoms with Crippen molar-refractivity contribution in [3.05, 3.63) is 57.8 Å². The Labute approximate surface area is 125 Å². The zero-order valence-electron chi connectivity index (χ0n) is 11.1. The average molecular weight is 330 g/mol. The number of hydrogen-bond donors (Lipinski definition) is 0. The molecule has 1 amide bonds. The SMILES string of the molecule is Cc1cc(Br)ccc1N(C)C(=O)c1ccnc(C#N)c1. The molecule has 2 rings (SSSR count). The minimum Gasteiger partial charge on any atom is -0.311 e. The smallest absolute Gasteiger partial charge is 0.258 e. The maximum atomic E-state index is 12.4. The average Bonchev–Trinajstić information content (AvgIpc) is 2.46. The van der Waals surface area contributed by atoms with Crippen LogP contribution in [0.1, 0.15) is 21.6 Å². The van der Waals surface area contributed by atoms with E-state index in [0.717, 1.165) is 15.7 Å². The fraction of sp³-hybridized carbons (Fsp3) is 0.133. The molecular formula is C15H12BrN3O. The molecule has 0 radical (unpaired) electrons. The molecule has 5 heteroatoms. The molecule has 20 heavy (non-hydrogen) atoms. The lowest BCUT2D eigenvalue weighted by molar-refractivity contribution is 0.0992. The van der Waals surface area contributed by atoms with Gasteiger partial charge in [0, 0.05) is 29.0 Å². The highest BCUT2D eigenvalue weighted by molar-refractivity contribution is 9.10. The normalized spacial score (nSPS) is 9.90. The Morgan fingerprint density at radius 1 is 1.35 bits per heavy atom. The third-order valence-electron chi connectivity index (χ3n) is 2.95. The van der Waals surface area contributed by atoms with Crippen molar-refractivity contribution in [3.63, 3.8) is 0 Å². The van der Waals surface area contributed by atoms with Gasteiger partial charge in [0.2, 0.25) is 0 Å². The van der Waals surface area contributed by atoms with Gasteiger partial charge in [-0.3, -0.25) is 4.79 Å². The lowest BCUT2D eigenvalue weighted by Gasteiger charge is -2.19.